The van der Waals surface area contributed by atoms with Gasteiger partial charge in [0.05, 0.1) is 5.84 Å². The second kappa shape index (κ2) is 7.88. The molecule has 0 aromatic heterocycles. The zero-order chi connectivity index (χ0) is 13.4. The van der Waals surface area contributed by atoms with E-state index in [1.54, 1.807) is 0 Å². The van der Waals surface area contributed by atoms with Gasteiger partial charge in [0.15, 0.2) is 0 Å². The first-order chi connectivity index (χ1) is 8.59. The van der Waals surface area contributed by atoms with E-state index >= 15 is 0 Å². The molecule has 0 atom stereocenters. The zero-order valence-electron chi connectivity index (χ0n) is 11.8. The predicted octanol–water partition coefficient (Wildman–Crippen LogP) is 2.52. The molecule has 0 saturated carbocycles. The van der Waals surface area contributed by atoms with Crippen LogP contribution in [0, 0.1) is 5.92 Å². The van der Waals surface area contributed by atoms with Crippen LogP contribution in [-0.2, 0) is 6.54 Å². The van der Waals surface area contributed by atoms with E-state index in [9.17, 15) is 0 Å². The quantitative estimate of drug-likeness (QED) is 0.457. The van der Waals surface area contributed by atoms with Crippen molar-refractivity contribution in [3.8, 4) is 0 Å². The van der Waals surface area contributed by atoms with Crippen molar-refractivity contribution in [1.82, 2.24) is 4.90 Å². The summed E-state index contributed by atoms with van der Waals surface area (Å²) in [6, 6.07) is 10.5. The Morgan fingerprint density at radius 3 is 2.56 bits per heavy atom. The SMILES string of the molecule is CC(C)C(N)=NCCCN(C)Cc1ccccc1. The highest BCUT2D eigenvalue weighted by Gasteiger charge is 2.00. The lowest BCUT2D eigenvalue weighted by Crippen LogP contribution is -2.21. The van der Waals surface area contributed by atoms with Crippen molar-refractivity contribution in [2.75, 3.05) is 20.1 Å². The first-order valence-electron chi connectivity index (χ1n) is 6.62. The molecule has 0 aliphatic rings. The summed E-state index contributed by atoms with van der Waals surface area (Å²) in [5.74, 6) is 1.12. The van der Waals surface area contributed by atoms with E-state index in [0.717, 1.165) is 31.9 Å². The van der Waals surface area contributed by atoms with Gasteiger partial charge in [-0.3, -0.25) is 4.99 Å². The molecule has 1 aromatic rings. The van der Waals surface area contributed by atoms with Crippen LogP contribution in [0.15, 0.2) is 35.3 Å². The van der Waals surface area contributed by atoms with Gasteiger partial charge in [-0.1, -0.05) is 44.2 Å². The van der Waals surface area contributed by atoms with Crippen LogP contribution in [0.25, 0.3) is 0 Å². The fourth-order valence-corrected chi connectivity index (χ4v) is 1.71. The van der Waals surface area contributed by atoms with Gasteiger partial charge in [0.1, 0.15) is 0 Å². The van der Waals surface area contributed by atoms with Crippen molar-refractivity contribution < 1.29 is 0 Å². The van der Waals surface area contributed by atoms with E-state index in [-0.39, 0.29) is 0 Å². The standard InChI is InChI=1S/C15H25N3/c1-13(2)15(16)17-10-7-11-18(3)12-14-8-5-4-6-9-14/h4-6,8-9,13H,7,10-12H2,1-3H3,(H2,16,17). The number of amidine groups is 1. The van der Waals surface area contributed by atoms with Crippen LogP contribution in [0.5, 0.6) is 0 Å². The molecule has 0 saturated heterocycles. The minimum absolute atomic E-state index is 0.354. The Kier molecular flexibility index (Phi) is 6.44. The van der Waals surface area contributed by atoms with Crippen LogP contribution >= 0.6 is 0 Å². The average molecular weight is 247 g/mol. The number of hydrogen-bond donors (Lipinski definition) is 1. The third-order valence-electron chi connectivity index (χ3n) is 2.88. The lowest BCUT2D eigenvalue weighted by molar-refractivity contribution is 0.324. The van der Waals surface area contributed by atoms with Gasteiger partial charge in [-0.15, -0.1) is 0 Å². The molecule has 1 rings (SSSR count). The molecule has 0 aliphatic heterocycles. The number of nitrogens with two attached hydrogens (primary N) is 1. The number of benzene rings is 1. The Hall–Kier alpha value is -1.35. The van der Waals surface area contributed by atoms with E-state index in [4.69, 9.17) is 5.73 Å². The summed E-state index contributed by atoms with van der Waals surface area (Å²) < 4.78 is 0. The highest BCUT2D eigenvalue weighted by Crippen LogP contribution is 2.03. The van der Waals surface area contributed by atoms with Crippen LogP contribution in [0.3, 0.4) is 0 Å². The van der Waals surface area contributed by atoms with Gasteiger partial charge in [-0.25, -0.2) is 0 Å². The lowest BCUT2D eigenvalue weighted by Gasteiger charge is -2.16. The molecule has 0 unspecified atom stereocenters. The molecule has 1 aromatic carbocycles. The number of hydrogen-bond acceptors (Lipinski definition) is 2. The molecule has 0 fully saturated rings. The van der Waals surface area contributed by atoms with Gasteiger partial charge in [0.2, 0.25) is 0 Å². The normalized spacial score (nSPS) is 12.4. The van der Waals surface area contributed by atoms with Crippen LogP contribution in [0.1, 0.15) is 25.8 Å². The molecule has 0 spiro atoms. The molecule has 0 heterocycles. The Morgan fingerprint density at radius 2 is 1.94 bits per heavy atom. The molecule has 0 bridgehead atoms. The molecule has 2 N–H and O–H groups in total. The minimum atomic E-state index is 0.354. The Bertz CT molecular complexity index is 357. The molecule has 0 aliphatic carbocycles. The first kappa shape index (κ1) is 14.7. The molecule has 3 heteroatoms. The molecule has 100 valence electrons. The molecule has 18 heavy (non-hydrogen) atoms. The van der Waals surface area contributed by atoms with Crippen molar-refractivity contribution >= 4 is 5.84 Å². The van der Waals surface area contributed by atoms with Gasteiger partial charge in [0.25, 0.3) is 0 Å². The summed E-state index contributed by atoms with van der Waals surface area (Å²) in [6.07, 6.45) is 1.05. The van der Waals surface area contributed by atoms with E-state index in [1.807, 2.05) is 6.07 Å². The summed E-state index contributed by atoms with van der Waals surface area (Å²) >= 11 is 0. The van der Waals surface area contributed by atoms with Crippen molar-refractivity contribution in [2.24, 2.45) is 16.6 Å². The lowest BCUT2D eigenvalue weighted by atomic mass is 10.2. The fourth-order valence-electron chi connectivity index (χ4n) is 1.71. The number of nitrogens with zero attached hydrogens (tertiary/aromatic N) is 2. The van der Waals surface area contributed by atoms with Crippen LogP contribution < -0.4 is 5.73 Å². The maximum atomic E-state index is 5.79. The van der Waals surface area contributed by atoms with Gasteiger partial charge < -0.3 is 10.6 Å². The maximum absolute atomic E-state index is 5.79. The smallest absolute Gasteiger partial charge is 0.0962 e. The average Bonchev–Trinajstić information content (AvgIpc) is 2.35. The molecule has 3 nitrogen and oxygen atoms in total. The van der Waals surface area contributed by atoms with E-state index in [2.05, 4.69) is 55.1 Å². The van der Waals surface area contributed by atoms with Crippen LogP contribution in [-0.4, -0.2) is 30.9 Å². The molecule has 0 amide bonds. The third kappa shape index (κ3) is 5.82. The van der Waals surface area contributed by atoms with Crippen molar-refractivity contribution in [1.29, 1.82) is 0 Å². The van der Waals surface area contributed by atoms with Crippen molar-refractivity contribution in [3.63, 3.8) is 0 Å². The number of rotatable bonds is 7. The highest BCUT2D eigenvalue weighted by molar-refractivity contribution is 5.82. The Labute approximate surface area is 111 Å². The molecular weight excluding hydrogens is 222 g/mol. The third-order valence-corrected chi connectivity index (χ3v) is 2.88. The monoisotopic (exact) mass is 247 g/mol. The first-order valence-corrected chi connectivity index (χ1v) is 6.62. The predicted molar refractivity (Wildman–Crippen MR) is 78.7 cm³/mol. The zero-order valence-corrected chi connectivity index (χ0v) is 11.8. The van der Waals surface area contributed by atoms with Gasteiger partial charge in [0, 0.05) is 19.0 Å². The van der Waals surface area contributed by atoms with Crippen molar-refractivity contribution in [2.45, 2.75) is 26.8 Å². The number of aliphatic imine (C=N–C) groups is 1. The molecular formula is C15H25N3. The summed E-state index contributed by atoms with van der Waals surface area (Å²) in [7, 11) is 2.14. The minimum Gasteiger partial charge on any atom is -0.387 e. The fraction of sp³-hybridized carbons (Fsp3) is 0.533. The van der Waals surface area contributed by atoms with E-state index in [1.165, 1.54) is 5.56 Å². The van der Waals surface area contributed by atoms with Gasteiger partial charge in [-0.05, 0) is 25.6 Å². The summed E-state index contributed by atoms with van der Waals surface area (Å²) in [6.45, 7) is 7.00. The highest BCUT2D eigenvalue weighted by atomic mass is 15.1. The van der Waals surface area contributed by atoms with Crippen LogP contribution in [0.2, 0.25) is 0 Å². The van der Waals surface area contributed by atoms with Crippen LogP contribution in [0.4, 0.5) is 0 Å². The second-order valence-electron chi connectivity index (χ2n) is 5.04. The van der Waals surface area contributed by atoms with Crippen molar-refractivity contribution in [3.05, 3.63) is 35.9 Å². The summed E-state index contributed by atoms with van der Waals surface area (Å²) in [5, 5.41) is 0. The maximum Gasteiger partial charge on any atom is 0.0962 e. The second-order valence-corrected chi connectivity index (χ2v) is 5.04. The summed E-state index contributed by atoms with van der Waals surface area (Å²) in [4.78, 5) is 6.69. The largest absolute Gasteiger partial charge is 0.387 e. The molecule has 0 radical (unpaired) electrons. The topological polar surface area (TPSA) is 41.6 Å². The Balaban J connectivity index is 2.22. The Morgan fingerprint density at radius 1 is 1.28 bits per heavy atom. The summed E-state index contributed by atoms with van der Waals surface area (Å²) in [5.41, 5.74) is 7.15. The van der Waals surface area contributed by atoms with Gasteiger partial charge >= 0.3 is 0 Å². The van der Waals surface area contributed by atoms with E-state index < -0.39 is 0 Å². The van der Waals surface area contributed by atoms with E-state index in [0.29, 0.717) is 5.92 Å². The van der Waals surface area contributed by atoms with Gasteiger partial charge in [-0.2, -0.15) is 0 Å².